The maximum Gasteiger partial charge on any atom is 0.258 e. The van der Waals surface area contributed by atoms with Crippen LogP contribution in [-0.2, 0) is 9.59 Å². The summed E-state index contributed by atoms with van der Waals surface area (Å²) < 4.78 is 11.3. The van der Waals surface area contributed by atoms with Gasteiger partial charge in [0.2, 0.25) is 0 Å². The molecule has 2 atom stereocenters. The number of carbonyl (C=O) groups is 2. The van der Waals surface area contributed by atoms with Gasteiger partial charge in [-0.2, -0.15) is 0 Å². The molecular formula is C26H34N2O4. The van der Waals surface area contributed by atoms with Gasteiger partial charge in [-0.25, -0.2) is 0 Å². The quantitative estimate of drug-likeness (QED) is 0.655. The minimum atomic E-state index is -0.179. The molecule has 1 fully saturated rings. The van der Waals surface area contributed by atoms with Crippen molar-refractivity contribution in [3.8, 4) is 11.5 Å². The van der Waals surface area contributed by atoms with Crippen LogP contribution in [0.25, 0.3) is 0 Å². The summed E-state index contributed by atoms with van der Waals surface area (Å²) in [7, 11) is 0. The van der Waals surface area contributed by atoms with Gasteiger partial charge >= 0.3 is 0 Å². The highest BCUT2D eigenvalue weighted by molar-refractivity contribution is 5.79. The van der Waals surface area contributed by atoms with Crippen LogP contribution in [0.15, 0.2) is 36.4 Å². The second kappa shape index (κ2) is 11.0. The van der Waals surface area contributed by atoms with E-state index in [1.807, 2.05) is 52.0 Å². The van der Waals surface area contributed by atoms with Crippen LogP contribution in [0.1, 0.15) is 47.9 Å². The highest BCUT2D eigenvalue weighted by Crippen LogP contribution is 2.20. The number of nitrogens with one attached hydrogen (secondary N) is 2. The standard InChI is InChI=1S/C26H34N2O4/c1-17-9-18(2)12-21(11-17)31-15-25(29)27-23-7-5-6-8-24(23)28-26(30)16-32-22-13-19(3)10-20(4)14-22/h9-14,23-24H,5-8,15-16H2,1-4H3,(H,27,29)(H,28,30)/t23-,24-/m1/s1. The minimum absolute atomic E-state index is 0.0458. The fourth-order valence-electron chi connectivity index (χ4n) is 4.30. The van der Waals surface area contributed by atoms with E-state index < -0.39 is 0 Å². The molecule has 172 valence electrons. The van der Waals surface area contributed by atoms with Crippen molar-refractivity contribution in [2.24, 2.45) is 0 Å². The van der Waals surface area contributed by atoms with Crippen molar-refractivity contribution in [2.45, 2.75) is 65.5 Å². The Morgan fingerprint density at radius 3 is 1.38 bits per heavy atom. The van der Waals surface area contributed by atoms with E-state index in [4.69, 9.17) is 9.47 Å². The van der Waals surface area contributed by atoms with E-state index in [0.29, 0.717) is 11.5 Å². The molecule has 2 aromatic carbocycles. The highest BCUT2D eigenvalue weighted by atomic mass is 16.5. The summed E-state index contributed by atoms with van der Waals surface area (Å²) in [6, 6.07) is 11.6. The summed E-state index contributed by atoms with van der Waals surface area (Å²) in [4.78, 5) is 25.0. The molecule has 2 N–H and O–H groups in total. The first-order valence-corrected chi connectivity index (χ1v) is 11.3. The first-order chi connectivity index (χ1) is 15.3. The Morgan fingerprint density at radius 1 is 0.688 bits per heavy atom. The molecule has 0 radical (unpaired) electrons. The molecule has 0 aromatic heterocycles. The summed E-state index contributed by atoms with van der Waals surface area (Å²) in [6.45, 7) is 7.90. The largest absolute Gasteiger partial charge is 0.484 e. The molecule has 2 aromatic rings. The summed E-state index contributed by atoms with van der Waals surface area (Å²) in [5, 5.41) is 6.09. The lowest BCUT2D eigenvalue weighted by Crippen LogP contribution is -2.54. The summed E-state index contributed by atoms with van der Waals surface area (Å²) in [5.41, 5.74) is 4.38. The summed E-state index contributed by atoms with van der Waals surface area (Å²) in [6.07, 6.45) is 3.71. The Labute approximate surface area is 190 Å². The van der Waals surface area contributed by atoms with E-state index >= 15 is 0 Å². The van der Waals surface area contributed by atoms with Crippen molar-refractivity contribution >= 4 is 11.8 Å². The Hall–Kier alpha value is -3.02. The predicted molar refractivity (Wildman–Crippen MR) is 125 cm³/mol. The average Bonchev–Trinajstić information content (AvgIpc) is 2.71. The van der Waals surface area contributed by atoms with Crippen molar-refractivity contribution in [3.05, 3.63) is 58.7 Å². The van der Waals surface area contributed by atoms with Crippen molar-refractivity contribution in [3.63, 3.8) is 0 Å². The predicted octanol–water partition coefficient (Wildman–Crippen LogP) is 3.92. The minimum Gasteiger partial charge on any atom is -0.484 e. The third-order valence-electron chi connectivity index (χ3n) is 5.59. The van der Waals surface area contributed by atoms with E-state index in [1.54, 1.807) is 0 Å². The lowest BCUT2D eigenvalue weighted by atomic mass is 9.90. The molecule has 0 aliphatic heterocycles. The van der Waals surface area contributed by atoms with Gasteiger partial charge < -0.3 is 20.1 Å². The molecule has 32 heavy (non-hydrogen) atoms. The van der Waals surface area contributed by atoms with Gasteiger partial charge in [0.15, 0.2) is 13.2 Å². The third kappa shape index (κ3) is 7.29. The molecule has 0 bridgehead atoms. The van der Waals surface area contributed by atoms with Crippen LogP contribution < -0.4 is 20.1 Å². The average molecular weight is 439 g/mol. The number of hydrogen-bond acceptors (Lipinski definition) is 4. The Morgan fingerprint density at radius 2 is 1.03 bits per heavy atom. The Bertz CT molecular complexity index is 839. The number of aryl methyl sites for hydroxylation is 4. The van der Waals surface area contributed by atoms with Crippen molar-refractivity contribution < 1.29 is 19.1 Å². The molecule has 0 saturated heterocycles. The smallest absolute Gasteiger partial charge is 0.258 e. The lowest BCUT2D eigenvalue weighted by molar-refractivity contribution is -0.127. The fraction of sp³-hybridized carbons (Fsp3) is 0.462. The van der Waals surface area contributed by atoms with Crippen molar-refractivity contribution in [1.29, 1.82) is 0 Å². The molecular weight excluding hydrogens is 404 g/mol. The maximum absolute atomic E-state index is 12.5. The van der Waals surface area contributed by atoms with Crippen LogP contribution in [0.5, 0.6) is 11.5 Å². The molecule has 2 amide bonds. The second-order valence-electron chi connectivity index (χ2n) is 8.86. The number of amides is 2. The molecule has 3 rings (SSSR count). The van der Waals surface area contributed by atoms with Crippen LogP contribution in [0.4, 0.5) is 0 Å². The number of ether oxygens (including phenoxy) is 2. The van der Waals surface area contributed by atoms with Gasteiger partial charge in [-0.3, -0.25) is 9.59 Å². The van der Waals surface area contributed by atoms with Gasteiger partial charge in [0.05, 0.1) is 0 Å². The van der Waals surface area contributed by atoms with Gasteiger partial charge in [-0.05, 0) is 87.1 Å². The first kappa shape index (κ1) is 23.6. The molecule has 0 heterocycles. The Balaban J connectivity index is 1.48. The Kier molecular flexibility index (Phi) is 8.14. The zero-order valence-corrected chi connectivity index (χ0v) is 19.5. The number of hydrogen-bond donors (Lipinski definition) is 2. The first-order valence-electron chi connectivity index (χ1n) is 11.3. The zero-order valence-electron chi connectivity index (χ0n) is 19.5. The topological polar surface area (TPSA) is 76.7 Å². The second-order valence-corrected chi connectivity index (χ2v) is 8.86. The van der Waals surface area contributed by atoms with Crippen molar-refractivity contribution in [2.75, 3.05) is 13.2 Å². The third-order valence-corrected chi connectivity index (χ3v) is 5.59. The monoisotopic (exact) mass is 438 g/mol. The maximum atomic E-state index is 12.5. The lowest BCUT2D eigenvalue weighted by Gasteiger charge is -2.32. The van der Waals surface area contributed by atoms with Gasteiger partial charge in [0.1, 0.15) is 11.5 Å². The zero-order chi connectivity index (χ0) is 23.1. The number of carbonyl (C=O) groups excluding carboxylic acids is 2. The fourth-order valence-corrected chi connectivity index (χ4v) is 4.30. The van der Waals surface area contributed by atoms with Crippen LogP contribution in [0.3, 0.4) is 0 Å². The summed E-state index contributed by atoms with van der Waals surface area (Å²) in [5.74, 6) is 1.02. The van der Waals surface area contributed by atoms with E-state index in [2.05, 4.69) is 22.8 Å². The van der Waals surface area contributed by atoms with Crippen LogP contribution in [0, 0.1) is 27.7 Å². The van der Waals surface area contributed by atoms with Crippen LogP contribution >= 0.6 is 0 Å². The van der Waals surface area contributed by atoms with Crippen LogP contribution in [0.2, 0.25) is 0 Å². The molecule has 0 spiro atoms. The molecule has 1 saturated carbocycles. The summed E-state index contributed by atoms with van der Waals surface area (Å²) >= 11 is 0. The van der Waals surface area contributed by atoms with E-state index in [0.717, 1.165) is 47.9 Å². The highest BCUT2D eigenvalue weighted by Gasteiger charge is 2.28. The molecule has 1 aliphatic carbocycles. The van der Waals surface area contributed by atoms with Crippen LogP contribution in [-0.4, -0.2) is 37.1 Å². The molecule has 6 heteroatoms. The van der Waals surface area contributed by atoms with E-state index in [9.17, 15) is 9.59 Å². The van der Waals surface area contributed by atoms with E-state index in [1.165, 1.54) is 0 Å². The molecule has 0 unspecified atom stereocenters. The number of rotatable bonds is 8. The van der Waals surface area contributed by atoms with Gasteiger partial charge in [0, 0.05) is 12.1 Å². The normalized spacial score (nSPS) is 18.0. The van der Waals surface area contributed by atoms with Gasteiger partial charge in [0.25, 0.3) is 11.8 Å². The SMILES string of the molecule is Cc1cc(C)cc(OCC(=O)N[C@@H]2CCCC[C@H]2NC(=O)COc2cc(C)cc(C)c2)c1. The van der Waals surface area contributed by atoms with Gasteiger partial charge in [-0.1, -0.05) is 25.0 Å². The molecule has 6 nitrogen and oxygen atoms in total. The molecule has 1 aliphatic rings. The van der Waals surface area contributed by atoms with E-state index in [-0.39, 0.29) is 37.1 Å². The number of benzene rings is 2. The van der Waals surface area contributed by atoms with Crippen molar-refractivity contribution in [1.82, 2.24) is 10.6 Å². The van der Waals surface area contributed by atoms with Gasteiger partial charge in [-0.15, -0.1) is 0 Å².